The van der Waals surface area contributed by atoms with Crippen LogP contribution in [-0.4, -0.2) is 17.0 Å². The van der Waals surface area contributed by atoms with Crippen LogP contribution in [0.3, 0.4) is 0 Å². The zero-order chi connectivity index (χ0) is 18.0. The maximum Gasteiger partial charge on any atom is 0.307 e. The van der Waals surface area contributed by atoms with Crippen LogP contribution < -0.4 is 5.32 Å². The van der Waals surface area contributed by atoms with E-state index in [1.165, 1.54) is 11.3 Å². The predicted octanol–water partition coefficient (Wildman–Crippen LogP) is 3.88. The van der Waals surface area contributed by atoms with Crippen molar-refractivity contribution in [2.45, 2.75) is 47.0 Å². The molecule has 1 aliphatic rings. The molecule has 0 saturated carbocycles. The number of aryl methyl sites for hydroxylation is 1. The van der Waals surface area contributed by atoms with Crippen LogP contribution in [-0.2, 0) is 16.0 Å². The zero-order valence-electron chi connectivity index (χ0n) is 14.4. The van der Waals surface area contributed by atoms with Gasteiger partial charge in [-0.05, 0) is 45.6 Å². The Hall–Kier alpha value is -2.13. The molecule has 0 fully saturated rings. The lowest BCUT2D eigenvalue weighted by Gasteiger charge is -2.29. The first-order chi connectivity index (χ1) is 11.3. The normalized spacial score (nSPS) is 20.6. The van der Waals surface area contributed by atoms with Crippen LogP contribution in [0.4, 0.5) is 5.00 Å². The molecule has 0 bridgehead atoms. The second-order valence-corrected chi connectivity index (χ2v) is 7.54. The zero-order valence-corrected chi connectivity index (χ0v) is 15.2. The smallest absolute Gasteiger partial charge is 0.307 e. The Labute approximate surface area is 146 Å². The number of carbonyl (C=O) groups excluding carboxylic acids is 1. The van der Waals surface area contributed by atoms with Gasteiger partial charge in [0.25, 0.3) is 0 Å². The van der Waals surface area contributed by atoms with Crippen molar-refractivity contribution in [3.05, 3.63) is 27.2 Å². The molecular weight excluding hydrogens is 324 g/mol. The van der Waals surface area contributed by atoms with E-state index < -0.39 is 17.8 Å². The largest absolute Gasteiger partial charge is 0.481 e. The molecule has 5 nitrogen and oxygen atoms in total. The molecule has 1 heterocycles. The Kier molecular flexibility index (Phi) is 5.45. The summed E-state index contributed by atoms with van der Waals surface area (Å²) < 4.78 is 0. The van der Waals surface area contributed by atoms with E-state index in [0.29, 0.717) is 23.4 Å². The number of nitrogens with zero attached hydrogens (tertiary/aromatic N) is 1. The highest BCUT2D eigenvalue weighted by Crippen LogP contribution is 2.37. The third-order valence-electron chi connectivity index (χ3n) is 4.83. The number of carbonyl (C=O) groups is 2. The SMILES string of the molecule is CCc1c(C)sc(NC(=O)[C@H]2CC(C)=C(C)C[C@H]2C(=O)O)c1C#N. The summed E-state index contributed by atoms with van der Waals surface area (Å²) in [5.41, 5.74) is 3.57. The third kappa shape index (κ3) is 3.36. The minimum atomic E-state index is -0.945. The van der Waals surface area contributed by atoms with E-state index in [1.807, 2.05) is 27.7 Å². The van der Waals surface area contributed by atoms with Gasteiger partial charge in [0.05, 0.1) is 17.4 Å². The molecule has 6 heteroatoms. The molecule has 0 saturated heterocycles. The van der Waals surface area contributed by atoms with Gasteiger partial charge in [-0.3, -0.25) is 9.59 Å². The number of hydrogen-bond donors (Lipinski definition) is 2. The molecule has 0 spiro atoms. The van der Waals surface area contributed by atoms with Crippen LogP contribution in [0, 0.1) is 30.1 Å². The molecule has 1 amide bonds. The van der Waals surface area contributed by atoms with Crippen LogP contribution in [0.25, 0.3) is 0 Å². The predicted molar refractivity (Wildman–Crippen MR) is 94.0 cm³/mol. The Morgan fingerprint density at radius 3 is 2.33 bits per heavy atom. The summed E-state index contributed by atoms with van der Waals surface area (Å²) in [4.78, 5) is 25.3. The fourth-order valence-corrected chi connectivity index (χ4v) is 4.34. The van der Waals surface area contributed by atoms with E-state index in [0.717, 1.165) is 28.0 Å². The molecular formula is C18H22N2O3S. The highest BCUT2D eigenvalue weighted by atomic mass is 32.1. The number of amides is 1. The van der Waals surface area contributed by atoms with E-state index in [1.54, 1.807) is 0 Å². The summed E-state index contributed by atoms with van der Waals surface area (Å²) in [6.45, 7) is 7.76. The van der Waals surface area contributed by atoms with Crippen LogP contribution in [0.2, 0.25) is 0 Å². The number of nitrogens with one attached hydrogen (secondary N) is 1. The molecule has 128 valence electrons. The topological polar surface area (TPSA) is 90.2 Å². The summed E-state index contributed by atoms with van der Waals surface area (Å²) in [6.07, 6.45) is 1.57. The summed E-state index contributed by atoms with van der Waals surface area (Å²) in [5.74, 6) is -2.58. The van der Waals surface area contributed by atoms with E-state index in [9.17, 15) is 20.0 Å². The van der Waals surface area contributed by atoms with Crippen LogP contribution in [0.15, 0.2) is 11.1 Å². The van der Waals surface area contributed by atoms with Crippen molar-refractivity contribution in [2.75, 3.05) is 5.32 Å². The first kappa shape index (κ1) is 18.2. The van der Waals surface area contributed by atoms with E-state index >= 15 is 0 Å². The van der Waals surface area contributed by atoms with Gasteiger partial charge in [0, 0.05) is 4.88 Å². The Bertz CT molecular complexity index is 755. The Balaban J connectivity index is 2.29. The quantitative estimate of drug-likeness (QED) is 0.810. The first-order valence-corrected chi connectivity index (χ1v) is 8.83. The standard InChI is InChI=1S/C18H22N2O3S/c1-5-12-11(4)24-17(15(12)8-19)20-16(21)13-6-9(2)10(3)7-14(13)18(22)23/h13-14H,5-7H2,1-4H3,(H,20,21)(H,22,23)/t13-,14+/m0/s1. The molecule has 2 rings (SSSR count). The number of allylic oxidation sites excluding steroid dienone is 2. The van der Waals surface area contributed by atoms with Crippen LogP contribution in [0.5, 0.6) is 0 Å². The minimum absolute atomic E-state index is 0.311. The number of hydrogen-bond acceptors (Lipinski definition) is 4. The first-order valence-electron chi connectivity index (χ1n) is 8.01. The average Bonchev–Trinajstić information content (AvgIpc) is 2.83. The lowest BCUT2D eigenvalue weighted by atomic mass is 9.76. The second kappa shape index (κ2) is 7.18. The Morgan fingerprint density at radius 1 is 1.25 bits per heavy atom. The lowest BCUT2D eigenvalue weighted by molar-refractivity contribution is -0.146. The van der Waals surface area contributed by atoms with Gasteiger partial charge in [0.1, 0.15) is 11.1 Å². The number of carboxylic acids is 1. The molecule has 0 radical (unpaired) electrons. The molecule has 2 N–H and O–H groups in total. The van der Waals surface area contributed by atoms with E-state index in [4.69, 9.17) is 0 Å². The van der Waals surface area contributed by atoms with Gasteiger partial charge in [-0.1, -0.05) is 18.1 Å². The summed E-state index contributed by atoms with van der Waals surface area (Å²) in [7, 11) is 0. The van der Waals surface area contributed by atoms with E-state index in [-0.39, 0.29) is 5.91 Å². The molecule has 0 aromatic carbocycles. The van der Waals surface area contributed by atoms with Crippen molar-refractivity contribution in [3.8, 4) is 6.07 Å². The van der Waals surface area contributed by atoms with Crippen molar-refractivity contribution in [1.82, 2.24) is 0 Å². The third-order valence-corrected chi connectivity index (χ3v) is 5.89. The van der Waals surface area contributed by atoms with Gasteiger partial charge in [0.15, 0.2) is 0 Å². The number of anilines is 1. The van der Waals surface area contributed by atoms with Crippen molar-refractivity contribution in [3.63, 3.8) is 0 Å². The lowest BCUT2D eigenvalue weighted by Crippen LogP contribution is -2.36. The molecule has 1 aliphatic carbocycles. The van der Waals surface area contributed by atoms with Crippen LogP contribution >= 0.6 is 11.3 Å². The Morgan fingerprint density at radius 2 is 1.83 bits per heavy atom. The minimum Gasteiger partial charge on any atom is -0.481 e. The molecule has 2 atom stereocenters. The number of rotatable bonds is 4. The highest BCUT2D eigenvalue weighted by Gasteiger charge is 2.37. The van der Waals surface area contributed by atoms with Crippen molar-refractivity contribution < 1.29 is 14.7 Å². The number of aliphatic carboxylic acids is 1. The van der Waals surface area contributed by atoms with Gasteiger partial charge in [0.2, 0.25) is 5.91 Å². The van der Waals surface area contributed by atoms with Crippen molar-refractivity contribution in [2.24, 2.45) is 11.8 Å². The molecule has 1 aromatic heterocycles. The van der Waals surface area contributed by atoms with Gasteiger partial charge in [-0.25, -0.2) is 0 Å². The van der Waals surface area contributed by atoms with Crippen molar-refractivity contribution in [1.29, 1.82) is 5.26 Å². The summed E-state index contributed by atoms with van der Waals surface area (Å²) in [5, 5.41) is 22.2. The monoisotopic (exact) mass is 346 g/mol. The van der Waals surface area contributed by atoms with Gasteiger partial charge < -0.3 is 10.4 Å². The molecule has 24 heavy (non-hydrogen) atoms. The molecule has 0 aliphatic heterocycles. The highest BCUT2D eigenvalue weighted by molar-refractivity contribution is 7.16. The van der Waals surface area contributed by atoms with E-state index in [2.05, 4.69) is 11.4 Å². The van der Waals surface area contributed by atoms with Gasteiger partial charge >= 0.3 is 5.97 Å². The van der Waals surface area contributed by atoms with Gasteiger partial charge in [-0.15, -0.1) is 11.3 Å². The molecule has 1 aromatic rings. The summed E-state index contributed by atoms with van der Waals surface area (Å²) >= 11 is 1.38. The fourth-order valence-electron chi connectivity index (χ4n) is 3.24. The maximum atomic E-state index is 12.7. The number of thiophene rings is 1. The fraction of sp³-hybridized carbons (Fsp3) is 0.500. The average molecular weight is 346 g/mol. The summed E-state index contributed by atoms with van der Waals surface area (Å²) in [6, 6.07) is 2.16. The van der Waals surface area contributed by atoms with Gasteiger partial charge in [-0.2, -0.15) is 5.26 Å². The van der Waals surface area contributed by atoms with Crippen LogP contribution in [0.1, 0.15) is 49.6 Å². The number of carboxylic acid groups (broad SMARTS) is 1. The molecule has 0 unspecified atom stereocenters. The second-order valence-electron chi connectivity index (χ2n) is 6.32. The number of nitriles is 1. The van der Waals surface area contributed by atoms with Crippen molar-refractivity contribution >= 4 is 28.2 Å². The maximum absolute atomic E-state index is 12.7.